The quantitative estimate of drug-likeness (QED) is 0.773. The second-order valence-electron chi connectivity index (χ2n) is 5.60. The van der Waals surface area contributed by atoms with E-state index in [0.717, 1.165) is 5.69 Å². The summed E-state index contributed by atoms with van der Waals surface area (Å²) < 4.78 is 5.68. The number of rotatable bonds is 7. The molecule has 122 valence electrons. The first-order valence-corrected chi connectivity index (χ1v) is 9.79. The molecule has 1 aliphatic rings. The van der Waals surface area contributed by atoms with E-state index >= 15 is 0 Å². The molecule has 0 saturated heterocycles. The van der Waals surface area contributed by atoms with Crippen LogP contribution in [0.1, 0.15) is 36.4 Å². The number of benzene rings is 1. The molecule has 1 saturated carbocycles. The number of carbonyl (C=O) groups excluding carboxylic acids is 1. The third-order valence-electron chi connectivity index (χ3n) is 3.68. The van der Waals surface area contributed by atoms with Crippen LogP contribution in [0.3, 0.4) is 0 Å². The van der Waals surface area contributed by atoms with Crippen LogP contribution in [0.5, 0.6) is 5.75 Å². The van der Waals surface area contributed by atoms with Crippen molar-refractivity contribution in [3.8, 4) is 5.75 Å². The molecular formula is C17H20N2O2S2. The number of amides is 1. The van der Waals surface area contributed by atoms with Crippen molar-refractivity contribution in [2.24, 2.45) is 0 Å². The molecule has 1 aromatic heterocycles. The highest BCUT2D eigenvalue weighted by atomic mass is 32.2. The molecule has 1 atom stereocenters. The van der Waals surface area contributed by atoms with E-state index in [1.807, 2.05) is 35.9 Å². The molecule has 1 aliphatic carbocycles. The third-order valence-corrected chi connectivity index (χ3v) is 5.48. The molecule has 0 spiro atoms. The minimum absolute atomic E-state index is 0.125. The molecule has 1 N–H and O–H groups in total. The van der Waals surface area contributed by atoms with Gasteiger partial charge in [0.05, 0.1) is 17.2 Å². The van der Waals surface area contributed by atoms with E-state index < -0.39 is 6.10 Å². The highest BCUT2D eigenvalue weighted by Crippen LogP contribution is 2.41. The predicted molar refractivity (Wildman–Crippen MR) is 94.2 cm³/mol. The average Bonchev–Trinajstić information content (AvgIpc) is 3.32. The van der Waals surface area contributed by atoms with Crippen molar-refractivity contribution in [1.82, 2.24) is 10.3 Å². The van der Waals surface area contributed by atoms with Gasteiger partial charge in [0.15, 0.2) is 6.10 Å². The minimum Gasteiger partial charge on any atom is -0.481 e. The Bertz CT molecular complexity index is 665. The number of hydrogen-bond donors (Lipinski definition) is 1. The number of hydrogen-bond acceptors (Lipinski definition) is 5. The summed E-state index contributed by atoms with van der Waals surface area (Å²) in [6.07, 6.45) is 4.00. The molecule has 4 nitrogen and oxygen atoms in total. The maximum Gasteiger partial charge on any atom is 0.261 e. The SMILES string of the molecule is CSc1ccc(O[C@H](C)C(=O)NCc2csc(C3CC3)n2)cc1. The Hall–Kier alpha value is -1.53. The summed E-state index contributed by atoms with van der Waals surface area (Å²) in [5.41, 5.74) is 0.932. The molecule has 0 aliphatic heterocycles. The molecular weight excluding hydrogens is 328 g/mol. The van der Waals surface area contributed by atoms with Crippen LogP contribution >= 0.6 is 23.1 Å². The zero-order valence-corrected chi connectivity index (χ0v) is 14.9. The van der Waals surface area contributed by atoms with Crippen LogP contribution in [0.15, 0.2) is 34.5 Å². The van der Waals surface area contributed by atoms with E-state index in [4.69, 9.17) is 4.74 Å². The largest absolute Gasteiger partial charge is 0.481 e. The Labute approximate surface area is 144 Å². The van der Waals surface area contributed by atoms with Crippen molar-refractivity contribution in [2.45, 2.75) is 43.2 Å². The molecule has 1 heterocycles. The Balaban J connectivity index is 1.48. The Kier molecular flexibility index (Phi) is 5.23. The molecule has 0 unspecified atom stereocenters. The lowest BCUT2D eigenvalue weighted by atomic mass is 10.3. The van der Waals surface area contributed by atoms with E-state index in [1.165, 1.54) is 22.7 Å². The number of carbonyl (C=O) groups is 1. The lowest BCUT2D eigenvalue weighted by Gasteiger charge is -2.14. The predicted octanol–water partition coefficient (Wildman–Crippen LogP) is 3.83. The van der Waals surface area contributed by atoms with Crippen LogP contribution in [0.25, 0.3) is 0 Å². The van der Waals surface area contributed by atoms with Crippen molar-refractivity contribution in [3.05, 3.63) is 40.3 Å². The summed E-state index contributed by atoms with van der Waals surface area (Å²) >= 11 is 3.37. The summed E-state index contributed by atoms with van der Waals surface area (Å²) in [6, 6.07) is 7.74. The maximum absolute atomic E-state index is 12.1. The second kappa shape index (κ2) is 7.36. The van der Waals surface area contributed by atoms with Crippen LogP contribution in [-0.4, -0.2) is 23.3 Å². The van der Waals surface area contributed by atoms with E-state index in [2.05, 4.69) is 10.3 Å². The fourth-order valence-electron chi connectivity index (χ4n) is 2.15. The first kappa shape index (κ1) is 16.3. The Morgan fingerprint density at radius 3 is 2.83 bits per heavy atom. The number of aromatic nitrogens is 1. The van der Waals surface area contributed by atoms with Crippen molar-refractivity contribution in [2.75, 3.05) is 6.26 Å². The van der Waals surface area contributed by atoms with E-state index in [9.17, 15) is 4.79 Å². The van der Waals surface area contributed by atoms with E-state index in [1.54, 1.807) is 30.0 Å². The molecule has 23 heavy (non-hydrogen) atoms. The van der Waals surface area contributed by atoms with Crippen LogP contribution in [0.2, 0.25) is 0 Å². The maximum atomic E-state index is 12.1. The molecule has 1 aromatic carbocycles. The lowest BCUT2D eigenvalue weighted by Crippen LogP contribution is -2.35. The van der Waals surface area contributed by atoms with Crippen molar-refractivity contribution in [1.29, 1.82) is 0 Å². The highest BCUT2D eigenvalue weighted by Gasteiger charge is 2.26. The molecule has 0 bridgehead atoms. The number of nitrogens with zero attached hydrogens (tertiary/aromatic N) is 1. The smallest absolute Gasteiger partial charge is 0.261 e. The van der Waals surface area contributed by atoms with Crippen LogP contribution in [0.4, 0.5) is 0 Å². The number of nitrogens with one attached hydrogen (secondary N) is 1. The van der Waals surface area contributed by atoms with Crippen LogP contribution in [-0.2, 0) is 11.3 Å². The van der Waals surface area contributed by atoms with Gasteiger partial charge in [-0.3, -0.25) is 4.79 Å². The summed E-state index contributed by atoms with van der Waals surface area (Å²) in [5, 5.41) is 6.12. The molecule has 3 rings (SSSR count). The summed E-state index contributed by atoms with van der Waals surface area (Å²) in [6.45, 7) is 2.22. The number of thioether (sulfide) groups is 1. The van der Waals surface area contributed by atoms with Gasteiger partial charge >= 0.3 is 0 Å². The third kappa shape index (κ3) is 4.48. The zero-order valence-electron chi connectivity index (χ0n) is 13.2. The van der Waals surface area contributed by atoms with Crippen LogP contribution in [0, 0.1) is 0 Å². The number of ether oxygens (including phenoxy) is 1. The number of thiazole rings is 1. The van der Waals surface area contributed by atoms with Gasteiger partial charge in [-0.1, -0.05) is 0 Å². The first-order chi connectivity index (χ1) is 11.2. The lowest BCUT2D eigenvalue weighted by molar-refractivity contribution is -0.127. The summed E-state index contributed by atoms with van der Waals surface area (Å²) in [4.78, 5) is 17.9. The van der Waals surface area contributed by atoms with E-state index in [0.29, 0.717) is 18.2 Å². The minimum atomic E-state index is -0.531. The zero-order chi connectivity index (χ0) is 16.2. The van der Waals surface area contributed by atoms with Gasteiger partial charge in [0.25, 0.3) is 5.91 Å². The fourth-order valence-corrected chi connectivity index (χ4v) is 3.55. The van der Waals surface area contributed by atoms with Gasteiger partial charge in [0, 0.05) is 16.2 Å². The summed E-state index contributed by atoms with van der Waals surface area (Å²) in [5.74, 6) is 1.24. The molecule has 2 aromatic rings. The molecule has 6 heteroatoms. The van der Waals surface area contributed by atoms with Crippen molar-refractivity contribution >= 4 is 29.0 Å². The van der Waals surface area contributed by atoms with Gasteiger partial charge in [-0.15, -0.1) is 23.1 Å². The Morgan fingerprint density at radius 2 is 2.17 bits per heavy atom. The van der Waals surface area contributed by atoms with Gasteiger partial charge < -0.3 is 10.1 Å². The highest BCUT2D eigenvalue weighted by molar-refractivity contribution is 7.98. The monoisotopic (exact) mass is 348 g/mol. The van der Waals surface area contributed by atoms with Crippen molar-refractivity contribution < 1.29 is 9.53 Å². The molecule has 0 radical (unpaired) electrons. The molecule has 1 amide bonds. The molecule has 1 fully saturated rings. The van der Waals surface area contributed by atoms with Gasteiger partial charge in [0.1, 0.15) is 5.75 Å². The van der Waals surface area contributed by atoms with Gasteiger partial charge in [-0.2, -0.15) is 0 Å². The Morgan fingerprint density at radius 1 is 1.43 bits per heavy atom. The fraction of sp³-hybridized carbons (Fsp3) is 0.412. The van der Waals surface area contributed by atoms with Gasteiger partial charge in [0.2, 0.25) is 0 Å². The van der Waals surface area contributed by atoms with Gasteiger partial charge in [-0.05, 0) is 50.3 Å². The van der Waals surface area contributed by atoms with Crippen LogP contribution < -0.4 is 10.1 Å². The topological polar surface area (TPSA) is 51.2 Å². The second-order valence-corrected chi connectivity index (χ2v) is 7.37. The standard InChI is InChI=1S/C17H20N2O2S2/c1-11(21-14-5-7-15(22-2)8-6-14)16(20)18-9-13-10-23-17(19-13)12-3-4-12/h5-8,10-12H,3-4,9H2,1-2H3,(H,18,20)/t11-/m1/s1. The van der Waals surface area contributed by atoms with Gasteiger partial charge in [-0.25, -0.2) is 4.98 Å². The normalized spacial score (nSPS) is 15.2. The first-order valence-electron chi connectivity index (χ1n) is 7.68. The summed E-state index contributed by atoms with van der Waals surface area (Å²) in [7, 11) is 0. The van der Waals surface area contributed by atoms with Crippen molar-refractivity contribution in [3.63, 3.8) is 0 Å². The van der Waals surface area contributed by atoms with E-state index in [-0.39, 0.29) is 5.91 Å². The average molecular weight is 348 g/mol.